The second-order valence-electron chi connectivity index (χ2n) is 7.41. The van der Waals surface area contributed by atoms with Crippen LogP contribution >= 0.6 is 11.3 Å². The summed E-state index contributed by atoms with van der Waals surface area (Å²) in [5.74, 6) is 0. The summed E-state index contributed by atoms with van der Waals surface area (Å²) in [6, 6.07) is 38.3. The van der Waals surface area contributed by atoms with E-state index in [1.54, 1.807) is 11.3 Å². The number of benzene rings is 3. The van der Waals surface area contributed by atoms with Crippen molar-refractivity contribution in [2.45, 2.75) is 6.92 Å². The van der Waals surface area contributed by atoms with Crippen molar-refractivity contribution in [2.75, 3.05) is 4.90 Å². The molecule has 2 aromatic heterocycles. The lowest BCUT2D eigenvalue weighted by molar-refractivity contribution is 1.20. The predicted molar refractivity (Wildman–Crippen MR) is 132 cm³/mol. The lowest BCUT2D eigenvalue weighted by Crippen LogP contribution is -2.09. The van der Waals surface area contributed by atoms with Crippen LogP contribution in [0.5, 0.6) is 0 Å². The standard InChI is InChI=1S/C28H22N2S/c1-21-12-13-23(20-29-21)28-19-18-27(31-28)22-14-16-26(17-15-22)30(24-8-4-2-5-9-24)25-10-6-3-7-11-25/h2-20H,1H3. The maximum Gasteiger partial charge on any atom is 0.0462 e. The number of hydrogen-bond donors (Lipinski definition) is 0. The van der Waals surface area contributed by atoms with Gasteiger partial charge in [0.25, 0.3) is 0 Å². The Labute approximate surface area is 187 Å². The van der Waals surface area contributed by atoms with Crippen LogP contribution in [0.4, 0.5) is 17.1 Å². The van der Waals surface area contributed by atoms with E-state index < -0.39 is 0 Å². The quantitative estimate of drug-likeness (QED) is 0.285. The summed E-state index contributed by atoms with van der Waals surface area (Å²) in [4.78, 5) is 9.20. The molecule has 5 rings (SSSR count). The summed E-state index contributed by atoms with van der Waals surface area (Å²) in [6.45, 7) is 2.01. The van der Waals surface area contributed by atoms with E-state index in [1.807, 2.05) is 25.3 Å². The fraction of sp³-hybridized carbons (Fsp3) is 0.0357. The lowest BCUT2D eigenvalue weighted by Gasteiger charge is -2.25. The summed E-state index contributed by atoms with van der Waals surface area (Å²) in [7, 11) is 0. The number of thiophene rings is 1. The molecule has 0 radical (unpaired) electrons. The molecule has 0 bridgehead atoms. The molecule has 0 saturated heterocycles. The van der Waals surface area contributed by atoms with Crippen LogP contribution in [0.15, 0.2) is 115 Å². The third-order valence-electron chi connectivity index (χ3n) is 5.24. The molecule has 0 spiro atoms. The van der Waals surface area contributed by atoms with Crippen LogP contribution in [-0.4, -0.2) is 4.98 Å². The minimum Gasteiger partial charge on any atom is -0.311 e. The van der Waals surface area contributed by atoms with Crippen LogP contribution < -0.4 is 4.90 Å². The van der Waals surface area contributed by atoms with Crippen LogP contribution in [0, 0.1) is 6.92 Å². The molecule has 0 fully saturated rings. The van der Waals surface area contributed by atoms with Crippen molar-refractivity contribution in [1.29, 1.82) is 0 Å². The fourth-order valence-corrected chi connectivity index (χ4v) is 4.64. The van der Waals surface area contributed by atoms with Crippen molar-refractivity contribution >= 4 is 28.4 Å². The maximum absolute atomic E-state index is 4.43. The Morgan fingerprint density at radius 3 is 1.61 bits per heavy atom. The van der Waals surface area contributed by atoms with E-state index in [0.29, 0.717) is 0 Å². The van der Waals surface area contributed by atoms with Gasteiger partial charge in [0.15, 0.2) is 0 Å². The van der Waals surface area contributed by atoms with E-state index in [-0.39, 0.29) is 0 Å². The van der Waals surface area contributed by atoms with Gasteiger partial charge in [-0.05, 0) is 67.1 Å². The van der Waals surface area contributed by atoms with Gasteiger partial charge in [-0.2, -0.15) is 0 Å². The van der Waals surface area contributed by atoms with Crippen molar-refractivity contribution in [3.05, 3.63) is 121 Å². The molecule has 0 aliphatic heterocycles. The highest BCUT2D eigenvalue weighted by Gasteiger charge is 2.12. The minimum atomic E-state index is 1.04. The number of para-hydroxylation sites is 2. The first-order valence-corrected chi connectivity index (χ1v) is 11.1. The molecular formula is C28H22N2S. The molecule has 0 aliphatic rings. The monoisotopic (exact) mass is 418 g/mol. The first-order valence-electron chi connectivity index (χ1n) is 10.3. The van der Waals surface area contributed by atoms with Crippen LogP contribution in [0.2, 0.25) is 0 Å². The van der Waals surface area contributed by atoms with Crippen LogP contribution in [0.3, 0.4) is 0 Å². The van der Waals surface area contributed by atoms with Gasteiger partial charge in [0.2, 0.25) is 0 Å². The highest BCUT2D eigenvalue weighted by molar-refractivity contribution is 7.18. The Kier molecular flexibility index (Phi) is 5.34. The summed E-state index contributed by atoms with van der Waals surface area (Å²) in [6.07, 6.45) is 1.95. The first kappa shape index (κ1) is 19.3. The second kappa shape index (κ2) is 8.58. The Morgan fingerprint density at radius 2 is 1.06 bits per heavy atom. The zero-order valence-corrected chi connectivity index (χ0v) is 18.1. The largest absolute Gasteiger partial charge is 0.311 e. The van der Waals surface area contributed by atoms with Crippen molar-refractivity contribution in [3.8, 4) is 20.9 Å². The zero-order valence-electron chi connectivity index (χ0n) is 17.3. The van der Waals surface area contributed by atoms with E-state index in [2.05, 4.69) is 107 Å². The van der Waals surface area contributed by atoms with Gasteiger partial charge in [-0.1, -0.05) is 54.6 Å². The van der Waals surface area contributed by atoms with Crippen molar-refractivity contribution in [1.82, 2.24) is 4.98 Å². The number of hydrogen-bond acceptors (Lipinski definition) is 3. The number of rotatable bonds is 5. The van der Waals surface area contributed by atoms with E-state index in [1.165, 1.54) is 15.3 Å². The predicted octanol–water partition coefficient (Wildman–Crippen LogP) is 8.26. The maximum atomic E-state index is 4.43. The van der Waals surface area contributed by atoms with Gasteiger partial charge in [-0.25, -0.2) is 0 Å². The minimum absolute atomic E-state index is 1.04. The average Bonchev–Trinajstić information content (AvgIpc) is 3.32. The smallest absolute Gasteiger partial charge is 0.0462 e. The molecule has 2 heterocycles. The molecular weight excluding hydrogens is 396 g/mol. The van der Waals surface area contributed by atoms with Gasteiger partial charge in [-0.15, -0.1) is 11.3 Å². The third-order valence-corrected chi connectivity index (χ3v) is 6.42. The Balaban J connectivity index is 1.47. The van der Waals surface area contributed by atoms with Gasteiger partial charge >= 0.3 is 0 Å². The first-order chi connectivity index (χ1) is 15.3. The van der Waals surface area contributed by atoms with Gasteiger partial charge in [0.05, 0.1) is 0 Å². The van der Waals surface area contributed by atoms with Crippen LogP contribution in [0.1, 0.15) is 5.69 Å². The molecule has 0 amide bonds. The van der Waals surface area contributed by atoms with E-state index in [9.17, 15) is 0 Å². The summed E-state index contributed by atoms with van der Waals surface area (Å²) < 4.78 is 0. The molecule has 3 aromatic carbocycles. The summed E-state index contributed by atoms with van der Waals surface area (Å²) in [5.41, 5.74) is 6.86. The Bertz CT molecular complexity index is 1220. The average molecular weight is 419 g/mol. The highest BCUT2D eigenvalue weighted by Crippen LogP contribution is 2.38. The molecule has 150 valence electrons. The topological polar surface area (TPSA) is 16.1 Å². The number of pyridine rings is 1. The molecule has 2 nitrogen and oxygen atoms in total. The zero-order chi connectivity index (χ0) is 21.0. The van der Waals surface area contributed by atoms with Crippen molar-refractivity contribution in [3.63, 3.8) is 0 Å². The fourth-order valence-electron chi connectivity index (χ4n) is 3.64. The summed E-state index contributed by atoms with van der Waals surface area (Å²) in [5, 5.41) is 0. The molecule has 31 heavy (non-hydrogen) atoms. The molecule has 0 saturated carbocycles. The molecule has 0 aliphatic carbocycles. The van der Waals surface area contributed by atoms with Crippen LogP contribution in [0.25, 0.3) is 20.9 Å². The Hall–Kier alpha value is -3.69. The number of aryl methyl sites for hydroxylation is 1. The van der Waals surface area contributed by atoms with E-state index in [4.69, 9.17) is 0 Å². The normalized spacial score (nSPS) is 10.7. The number of aromatic nitrogens is 1. The molecule has 5 aromatic rings. The molecule has 0 N–H and O–H groups in total. The van der Waals surface area contributed by atoms with Crippen LogP contribution in [-0.2, 0) is 0 Å². The molecule has 3 heteroatoms. The van der Waals surface area contributed by atoms with E-state index in [0.717, 1.165) is 28.3 Å². The summed E-state index contributed by atoms with van der Waals surface area (Å²) >= 11 is 1.80. The van der Waals surface area contributed by atoms with Gasteiger partial charge in [0.1, 0.15) is 0 Å². The number of nitrogens with zero attached hydrogens (tertiary/aromatic N) is 2. The van der Waals surface area contributed by atoms with Crippen molar-refractivity contribution < 1.29 is 0 Å². The van der Waals surface area contributed by atoms with Gasteiger partial charge in [0, 0.05) is 44.3 Å². The van der Waals surface area contributed by atoms with Gasteiger partial charge < -0.3 is 4.90 Å². The van der Waals surface area contributed by atoms with Crippen molar-refractivity contribution in [2.24, 2.45) is 0 Å². The molecule has 0 atom stereocenters. The third kappa shape index (κ3) is 4.14. The van der Waals surface area contributed by atoms with E-state index >= 15 is 0 Å². The van der Waals surface area contributed by atoms with Gasteiger partial charge in [-0.3, -0.25) is 4.98 Å². The second-order valence-corrected chi connectivity index (χ2v) is 8.49. The number of anilines is 3. The SMILES string of the molecule is Cc1ccc(-c2ccc(-c3ccc(N(c4ccccc4)c4ccccc4)cc3)s2)cn1. The highest BCUT2D eigenvalue weighted by atomic mass is 32.1. The molecule has 0 unspecified atom stereocenters. The lowest BCUT2D eigenvalue weighted by atomic mass is 10.1. The Morgan fingerprint density at radius 1 is 0.548 bits per heavy atom.